The van der Waals surface area contributed by atoms with Gasteiger partial charge >= 0.3 is 0 Å². The van der Waals surface area contributed by atoms with Gasteiger partial charge in [0.25, 0.3) is 0 Å². The van der Waals surface area contributed by atoms with Crippen molar-refractivity contribution in [3.8, 4) is 0 Å². The Morgan fingerprint density at radius 1 is 1.70 bits per heavy atom. The van der Waals surface area contributed by atoms with Gasteiger partial charge in [0.15, 0.2) is 0 Å². The number of hydrogen-bond donors (Lipinski definition) is 3. The molecule has 1 unspecified atom stereocenters. The molecule has 4 heteroatoms. The number of hydrogen-bond acceptors (Lipinski definition) is 4. The van der Waals surface area contributed by atoms with Crippen LogP contribution in [0.5, 0.6) is 0 Å². The molecule has 10 heavy (non-hydrogen) atoms. The smallest absolute Gasteiger partial charge is 0.104 e. The van der Waals surface area contributed by atoms with E-state index in [4.69, 9.17) is 5.11 Å². The van der Waals surface area contributed by atoms with E-state index in [-0.39, 0.29) is 0 Å². The molecule has 0 aromatic rings. The summed E-state index contributed by atoms with van der Waals surface area (Å²) in [5.74, 6) is 0. The highest BCUT2D eigenvalue weighted by atomic mass is 32.1. The first kappa shape index (κ1) is 10.2. The van der Waals surface area contributed by atoms with Gasteiger partial charge in [0, 0.05) is 6.54 Å². The highest BCUT2D eigenvalue weighted by Crippen LogP contribution is 1.90. The van der Waals surface area contributed by atoms with Crippen LogP contribution in [0.25, 0.3) is 0 Å². The molecule has 0 saturated carbocycles. The molecule has 0 fully saturated rings. The van der Waals surface area contributed by atoms with Crippen LogP contribution in [-0.2, 0) is 4.18 Å². The third kappa shape index (κ3) is 6.35. The molecule has 62 valence electrons. The first-order valence-corrected chi connectivity index (χ1v) is 3.85. The Balaban J connectivity index is 2.97. The third-order valence-corrected chi connectivity index (χ3v) is 1.32. The van der Waals surface area contributed by atoms with Crippen LogP contribution in [0.15, 0.2) is 0 Å². The molecule has 0 aliphatic carbocycles. The Kier molecular flexibility index (Phi) is 7.51. The van der Waals surface area contributed by atoms with Crippen LogP contribution in [0.4, 0.5) is 0 Å². The molecule has 0 aromatic heterocycles. The molecule has 0 radical (unpaired) electrons. The standard InChI is InChI=1S/C6H15NO2S/c1-2-3-6(8)7-4-5-9-10/h6-8,10H,2-5H2,1H3. The number of thiol groups is 1. The normalized spacial score (nSPS) is 13.5. The minimum atomic E-state index is -0.395. The molecule has 0 bridgehead atoms. The monoisotopic (exact) mass is 165 g/mol. The Hall–Kier alpha value is 0.230. The van der Waals surface area contributed by atoms with E-state index in [2.05, 4.69) is 22.4 Å². The molecule has 0 amide bonds. The summed E-state index contributed by atoms with van der Waals surface area (Å²) < 4.78 is 4.49. The van der Waals surface area contributed by atoms with Gasteiger partial charge in [-0.2, -0.15) is 0 Å². The average Bonchev–Trinajstić information content (AvgIpc) is 1.89. The van der Waals surface area contributed by atoms with Crippen molar-refractivity contribution in [2.75, 3.05) is 13.2 Å². The Morgan fingerprint density at radius 2 is 2.40 bits per heavy atom. The van der Waals surface area contributed by atoms with Crippen molar-refractivity contribution in [1.82, 2.24) is 5.32 Å². The Bertz CT molecular complexity index is 72.8. The fourth-order valence-corrected chi connectivity index (χ4v) is 0.738. The molecule has 0 aromatic carbocycles. The van der Waals surface area contributed by atoms with Crippen molar-refractivity contribution in [3.05, 3.63) is 0 Å². The van der Waals surface area contributed by atoms with Crippen molar-refractivity contribution in [2.45, 2.75) is 26.0 Å². The molecular formula is C6H15NO2S. The number of aliphatic hydroxyl groups excluding tert-OH is 1. The molecule has 0 rings (SSSR count). The fraction of sp³-hybridized carbons (Fsp3) is 1.00. The van der Waals surface area contributed by atoms with Gasteiger partial charge in [-0.15, -0.1) is 0 Å². The lowest BCUT2D eigenvalue weighted by molar-refractivity contribution is 0.122. The minimum absolute atomic E-state index is 0.395. The second-order valence-corrected chi connectivity index (χ2v) is 2.35. The minimum Gasteiger partial charge on any atom is -0.379 e. The molecule has 3 nitrogen and oxygen atoms in total. The number of nitrogens with one attached hydrogen (secondary N) is 1. The van der Waals surface area contributed by atoms with Crippen molar-refractivity contribution in [3.63, 3.8) is 0 Å². The lowest BCUT2D eigenvalue weighted by Gasteiger charge is -2.09. The van der Waals surface area contributed by atoms with Crippen molar-refractivity contribution < 1.29 is 9.29 Å². The van der Waals surface area contributed by atoms with Gasteiger partial charge in [0.05, 0.1) is 6.61 Å². The van der Waals surface area contributed by atoms with Crippen molar-refractivity contribution in [1.29, 1.82) is 0 Å². The molecule has 0 aliphatic heterocycles. The van der Waals surface area contributed by atoms with Crippen LogP contribution in [0.1, 0.15) is 19.8 Å². The maximum absolute atomic E-state index is 9.08. The predicted octanol–water partition coefficient (Wildman–Crippen LogP) is 0.556. The topological polar surface area (TPSA) is 41.5 Å². The quantitative estimate of drug-likeness (QED) is 0.233. The Labute approximate surface area is 67.4 Å². The molecular weight excluding hydrogens is 150 g/mol. The van der Waals surface area contributed by atoms with Gasteiger partial charge in [0.2, 0.25) is 0 Å². The van der Waals surface area contributed by atoms with E-state index in [0.29, 0.717) is 13.2 Å². The van der Waals surface area contributed by atoms with Crippen LogP contribution in [-0.4, -0.2) is 24.5 Å². The summed E-state index contributed by atoms with van der Waals surface area (Å²) in [6, 6.07) is 0. The van der Waals surface area contributed by atoms with E-state index in [1.165, 1.54) is 0 Å². The molecule has 2 N–H and O–H groups in total. The van der Waals surface area contributed by atoms with Crippen LogP contribution in [0, 0.1) is 0 Å². The van der Waals surface area contributed by atoms with Crippen LogP contribution in [0.3, 0.4) is 0 Å². The number of aliphatic hydroxyl groups is 1. The summed E-state index contributed by atoms with van der Waals surface area (Å²) in [4.78, 5) is 0. The zero-order chi connectivity index (χ0) is 7.82. The van der Waals surface area contributed by atoms with Gasteiger partial charge in [-0.05, 0) is 19.3 Å². The third-order valence-electron chi connectivity index (χ3n) is 1.14. The van der Waals surface area contributed by atoms with Gasteiger partial charge in [-0.25, -0.2) is 0 Å². The second kappa shape index (κ2) is 7.34. The maximum Gasteiger partial charge on any atom is 0.104 e. The summed E-state index contributed by atoms with van der Waals surface area (Å²) in [5, 5.41) is 12.0. The van der Waals surface area contributed by atoms with Gasteiger partial charge in [-0.3, -0.25) is 5.32 Å². The molecule has 1 atom stereocenters. The largest absolute Gasteiger partial charge is 0.379 e. The first-order valence-electron chi connectivity index (χ1n) is 3.49. The van der Waals surface area contributed by atoms with E-state index in [1.54, 1.807) is 0 Å². The maximum atomic E-state index is 9.08. The average molecular weight is 165 g/mol. The van der Waals surface area contributed by atoms with Gasteiger partial charge < -0.3 is 9.29 Å². The van der Waals surface area contributed by atoms with Crippen LogP contribution < -0.4 is 5.32 Å². The highest BCUT2D eigenvalue weighted by molar-refractivity contribution is 7.75. The summed E-state index contributed by atoms with van der Waals surface area (Å²) in [6.07, 6.45) is 1.37. The van der Waals surface area contributed by atoms with Crippen LogP contribution in [0.2, 0.25) is 0 Å². The first-order chi connectivity index (χ1) is 4.81. The lowest BCUT2D eigenvalue weighted by Crippen LogP contribution is -2.30. The number of rotatable bonds is 6. The Morgan fingerprint density at radius 3 is 2.90 bits per heavy atom. The van der Waals surface area contributed by atoms with E-state index in [0.717, 1.165) is 12.8 Å². The van der Waals surface area contributed by atoms with Gasteiger partial charge in [-0.1, -0.05) is 13.3 Å². The summed E-state index contributed by atoms with van der Waals surface area (Å²) in [6.45, 7) is 3.19. The zero-order valence-electron chi connectivity index (χ0n) is 6.21. The zero-order valence-corrected chi connectivity index (χ0v) is 7.10. The fourth-order valence-electron chi connectivity index (χ4n) is 0.647. The molecule has 0 saturated heterocycles. The lowest BCUT2D eigenvalue weighted by atomic mass is 10.3. The van der Waals surface area contributed by atoms with E-state index in [1.807, 2.05) is 6.92 Å². The summed E-state index contributed by atoms with van der Waals surface area (Å²) in [5.41, 5.74) is 0. The van der Waals surface area contributed by atoms with Gasteiger partial charge in [0.1, 0.15) is 6.23 Å². The van der Waals surface area contributed by atoms with Crippen molar-refractivity contribution >= 4 is 12.9 Å². The predicted molar refractivity (Wildman–Crippen MR) is 43.9 cm³/mol. The highest BCUT2D eigenvalue weighted by Gasteiger charge is 1.98. The molecule has 0 spiro atoms. The van der Waals surface area contributed by atoms with E-state index < -0.39 is 6.23 Å². The second-order valence-electron chi connectivity index (χ2n) is 2.09. The summed E-state index contributed by atoms with van der Waals surface area (Å²) >= 11 is 3.55. The van der Waals surface area contributed by atoms with E-state index in [9.17, 15) is 0 Å². The van der Waals surface area contributed by atoms with Crippen LogP contribution >= 0.6 is 12.9 Å². The van der Waals surface area contributed by atoms with Crippen molar-refractivity contribution in [2.24, 2.45) is 0 Å². The molecule has 0 aliphatic rings. The van der Waals surface area contributed by atoms with E-state index >= 15 is 0 Å². The SMILES string of the molecule is CCCC(O)NCCOS. The summed E-state index contributed by atoms with van der Waals surface area (Å²) in [7, 11) is 0. The molecule has 0 heterocycles.